The summed E-state index contributed by atoms with van der Waals surface area (Å²) in [7, 11) is 0. The molecule has 1 unspecified atom stereocenters. The van der Waals surface area contributed by atoms with Gasteiger partial charge in [-0.05, 0) is 37.2 Å². The summed E-state index contributed by atoms with van der Waals surface area (Å²) >= 11 is 0. The van der Waals surface area contributed by atoms with E-state index in [0.29, 0.717) is 11.7 Å². The Hall–Kier alpha value is -1.15. The first-order chi connectivity index (χ1) is 8.36. The van der Waals surface area contributed by atoms with Gasteiger partial charge in [0.05, 0.1) is 0 Å². The minimum absolute atomic E-state index is 0.244. The van der Waals surface area contributed by atoms with E-state index in [1.807, 2.05) is 18.2 Å². The molecule has 1 fully saturated rings. The molecule has 2 nitrogen and oxygen atoms in total. The lowest BCUT2D eigenvalue weighted by atomic mass is 9.73. The van der Waals surface area contributed by atoms with Crippen LogP contribution in [0.2, 0.25) is 0 Å². The van der Waals surface area contributed by atoms with E-state index in [2.05, 4.69) is 6.07 Å². The molecule has 0 N–H and O–H groups in total. The number of carbonyl (C=O) groups excluding carboxylic acids is 1. The topological polar surface area (TPSA) is 26.3 Å². The van der Waals surface area contributed by atoms with Crippen molar-refractivity contribution in [2.75, 3.05) is 13.2 Å². The zero-order valence-electron chi connectivity index (χ0n) is 10.0. The fourth-order valence-corrected chi connectivity index (χ4v) is 3.19. The summed E-state index contributed by atoms with van der Waals surface area (Å²) in [6.45, 7) is 1.66. The monoisotopic (exact) mass is 230 g/mol. The van der Waals surface area contributed by atoms with Crippen LogP contribution in [0.25, 0.3) is 0 Å². The van der Waals surface area contributed by atoms with Crippen LogP contribution < -0.4 is 0 Å². The van der Waals surface area contributed by atoms with Crippen LogP contribution in [0.15, 0.2) is 24.3 Å². The number of carbonyl (C=O) groups is 1. The normalized spacial score (nSPS) is 25.6. The summed E-state index contributed by atoms with van der Waals surface area (Å²) in [6.07, 6.45) is 4.20. The Morgan fingerprint density at radius 1 is 1.06 bits per heavy atom. The molecule has 1 heterocycles. The van der Waals surface area contributed by atoms with Crippen LogP contribution in [-0.4, -0.2) is 19.0 Å². The number of Topliss-reactive ketones (excluding diaryl/α,β-unsaturated/α-hetero) is 1. The van der Waals surface area contributed by atoms with Gasteiger partial charge in [-0.15, -0.1) is 0 Å². The van der Waals surface area contributed by atoms with Crippen molar-refractivity contribution in [1.29, 1.82) is 0 Å². The average Bonchev–Trinajstić information content (AvgIpc) is 2.40. The summed E-state index contributed by atoms with van der Waals surface area (Å²) in [5.74, 6) is 1.16. The Morgan fingerprint density at radius 2 is 1.82 bits per heavy atom. The zero-order chi connectivity index (χ0) is 11.7. The molecule has 90 valence electrons. The molecule has 0 bridgehead atoms. The Morgan fingerprint density at radius 3 is 2.65 bits per heavy atom. The molecule has 0 aromatic heterocycles. The number of fused-ring (bicyclic) bond motifs is 1. The number of hydrogen-bond acceptors (Lipinski definition) is 2. The number of aryl methyl sites for hydroxylation is 1. The first kappa shape index (κ1) is 11.0. The van der Waals surface area contributed by atoms with E-state index in [1.54, 1.807) is 0 Å². The van der Waals surface area contributed by atoms with Crippen LogP contribution in [0.1, 0.15) is 35.2 Å². The second kappa shape index (κ2) is 4.61. The molecule has 1 atom stereocenters. The van der Waals surface area contributed by atoms with Gasteiger partial charge in [0, 0.05) is 24.7 Å². The van der Waals surface area contributed by atoms with Gasteiger partial charge in [0.2, 0.25) is 0 Å². The third-order valence-electron chi connectivity index (χ3n) is 4.18. The highest BCUT2D eigenvalue weighted by atomic mass is 16.5. The van der Waals surface area contributed by atoms with Crippen molar-refractivity contribution in [1.82, 2.24) is 0 Å². The number of hydrogen-bond donors (Lipinski definition) is 0. The standard InChI is InChI=1S/C15H18O2/c16-15-13-4-2-1-3-11(13)5-6-14(15)12-7-9-17-10-8-12/h1-4,12,14H,5-10H2. The van der Waals surface area contributed by atoms with Crippen LogP contribution >= 0.6 is 0 Å². The van der Waals surface area contributed by atoms with Crippen LogP contribution in [-0.2, 0) is 11.2 Å². The first-order valence-corrected chi connectivity index (χ1v) is 6.56. The third kappa shape index (κ3) is 2.02. The van der Waals surface area contributed by atoms with E-state index < -0.39 is 0 Å². The number of benzene rings is 1. The molecule has 1 aromatic carbocycles. The maximum absolute atomic E-state index is 12.5. The quantitative estimate of drug-likeness (QED) is 0.741. The van der Waals surface area contributed by atoms with Crippen molar-refractivity contribution in [2.24, 2.45) is 11.8 Å². The number of ketones is 1. The van der Waals surface area contributed by atoms with Gasteiger partial charge >= 0.3 is 0 Å². The van der Waals surface area contributed by atoms with Crippen LogP contribution in [0.3, 0.4) is 0 Å². The molecule has 1 saturated heterocycles. The van der Waals surface area contributed by atoms with Crippen molar-refractivity contribution in [3.8, 4) is 0 Å². The van der Waals surface area contributed by atoms with Crippen LogP contribution in [0, 0.1) is 11.8 Å². The molecule has 17 heavy (non-hydrogen) atoms. The molecule has 2 heteroatoms. The Labute approximate surface area is 102 Å². The minimum Gasteiger partial charge on any atom is -0.381 e. The van der Waals surface area contributed by atoms with Crippen molar-refractivity contribution in [3.63, 3.8) is 0 Å². The van der Waals surface area contributed by atoms with E-state index in [-0.39, 0.29) is 5.92 Å². The smallest absolute Gasteiger partial charge is 0.166 e. The SMILES string of the molecule is O=C1c2ccccc2CCC1C1CCOCC1. The highest BCUT2D eigenvalue weighted by molar-refractivity contribution is 6.00. The fourth-order valence-electron chi connectivity index (χ4n) is 3.19. The molecule has 0 radical (unpaired) electrons. The van der Waals surface area contributed by atoms with Gasteiger partial charge in [-0.2, -0.15) is 0 Å². The molecular weight excluding hydrogens is 212 g/mol. The molecule has 3 rings (SSSR count). The van der Waals surface area contributed by atoms with Crippen molar-refractivity contribution in [3.05, 3.63) is 35.4 Å². The predicted octanol–water partition coefficient (Wildman–Crippen LogP) is 2.86. The van der Waals surface area contributed by atoms with Gasteiger partial charge in [0.25, 0.3) is 0 Å². The average molecular weight is 230 g/mol. The lowest BCUT2D eigenvalue weighted by Gasteiger charge is -2.32. The van der Waals surface area contributed by atoms with E-state index >= 15 is 0 Å². The maximum atomic E-state index is 12.5. The summed E-state index contributed by atoms with van der Waals surface area (Å²) in [4.78, 5) is 12.5. The molecule has 1 aliphatic carbocycles. The molecule has 0 spiro atoms. The number of rotatable bonds is 1. The minimum atomic E-state index is 0.244. The van der Waals surface area contributed by atoms with Gasteiger partial charge in [-0.3, -0.25) is 4.79 Å². The molecule has 1 aromatic rings. The highest BCUT2D eigenvalue weighted by Gasteiger charge is 2.33. The largest absolute Gasteiger partial charge is 0.381 e. The second-order valence-electron chi connectivity index (χ2n) is 5.12. The Balaban J connectivity index is 1.83. The lowest BCUT2D eigenvalue weighted by molar-refractivity contribution is 0.0406. The lowest BCUT2D eigenvalue weighted by Crippen LogP contribution is -2.32. The van der Waals surface area contributed by atoms with Crippen molar-refractivity contribution >= 4 is 5.78 Å². The fraction of sp³-hybridized carbons (Fsp3) is 0.533. The van der Waals surface area contributed by atoms with Gasteiger partial charge < -0.3 is 4.74 Å². The molecular formula is C15H18O2. The van der Waals surface area contributed by atoms with Gasteiger partial charge in [0.1, 0.15) is 0 Å². The molecule has 0 saturated carbocycles. The molecule has 0 amide bonds. The molecule has 2 aliphatic rings. The summed E-state index contributed by atoms with van der Waals surface area (Å²) < 4.78 is 5.38. The second-order valence-corrected chi connectivity index (χ2v) is 5.12. The summed E-state index contributed by atoms with van der Waals surface area (Å²) in [5, 5.41) is 0. The van der Waals surface area contributed by atoms with Crippen molar-refractivity contribution < 1.29 is 9.53 Å². The Bertz CT molecular complexity index is 419. The Kier molecular flexibility index (Phi) is 2.98. The zero-order valence-corrected chi connectivity index (χ0v) is 10.0. The summed E-state index contributed by atoms with van der Waals surface area (Å²) in [6, 6.07) is 8.08. The first-order valence-electron chi connectivity index (χ1n) is 6.56. The van der Waals surface area contributed by atoms with Gasteiger partial charge in [-0.1, -0.05) is 24.3 Å². The van der Waals surface area contributed by atoms with Crippen LogP contribution in [0.5, 0.6) is 0 Å². The van der Waals surface area contributed by atoms with E-state index in [1.165, 1.54) is 5.56 Å². The van der Waals surface area contributed by atoms with E-state index in [0.717, 1.165) is 44.5 Å². The van der Waals surface area contributed by atoms with Gasteiger partial charge in [0.15, 0.2) is 5.78 Å². The predicted molar refractivity (Wildman–Crippen MR) is 66.1 cm³/mol. The van der Waals surface area contributed by atoms with E-state index in [4.69, 9.17) is 4.74 Å². The van der Waals surface area contributed by atoms with Crippen molar-refractivity contribution in [2.45, 2.75) is 25.7 Å². The number of ether oxygens (including phenoxy) is 1. The highest BCUT2D eigenvalue weighted by Crippen LogP contribution is 2.34. The molecule has 1 aliphatic heterocycles. The maximum Gasteiger partial charge on any atom is 0.166 e. The van der Waals surface area contributed by atoms with Gasteiger partial charge in [-0.25, -0.2) is 0 Å². The summed E-state index contributed by atoms with van der Waals surface area (Å²) in [5.41, 5.74) is 2.20. The third-order valence-corrected chi connectivity index (χ3v) is 4.18. The van der Waals surface area contributed by atoms with Crippen LogP contribution in [0.4, 0.5) is 0 Å². The van der Waals surface area contributed by atoms with E-state index in [9.17, 15) is 4.79 Å².